The topological polar surface area (TPSA) is 64.7 Å². The zero-order valence-corrected chi connectivity index (χ0v) is 16.0. The summed E-state index contributed by atoms with van der Waals surface area (Å²) < 4.78 is 3.72. The molecular weight excluding hydrogens is 350 g/mol. The highest BCUT2D eigenvalue weighted by Crippen LogP contribution is 2.20. The second-order valence-electron chi connectivity index (χ2n) is 6.83. The summed E-state index contributed by atoms with van der Waals surface area (Å²) in [6, 6.07) is 15.5. The second kappa shape index (κ2) is 7.15. The van der Waals surface area contributed by atoms with Crippen LogP contribution in [0.1, 0.15) is 27.3 Å². The summed E-state index contributed by atoms with van der Waals surface area (Å²) in [6.07, 6.45) is 5.20. The molecule has 0 atom stereocenters. The summed E-state index contributed by atoms with van der Waals surface area (Å²) in [5, 5.41) is 7.47. The van der Waals surface area contributed by atoms with Crippen molar-refractivity contribution in [2.45, 2.75) is 20.8 Å². The average Bonchev–Trinajstić information content (AvgIpc) is 3.32. The van der Waals surface area contributed by atoms with E-state index in [4.69, 9.17) is 0 Å². The molecular formula is C22H21N5O. The average molecular weight is 371 g/mol. The first-order valence-corrected chi connectivity index (χ1v) is 9.05. The highest BCUT2D eigenvalue weighted by Gasteiger charge is 2.14. The maximum absolute atomic E-state index is 12.9. The molecule has 4 rings (SSSR count). The molecule has 6 heteroatoms. The quantitative estimate of drug-likeness (QED) is 0.584. The number of hydrogen-bond acceptors (Lipinski definition) is 3. The molecule has 2 aromatic heterocycles. The number of anilines is 1. The minimum atomic E-state index is -0.161. The Balaban J connectivity index is 1.59. The number of rotatable bonds is 4. The van der Waals surface area contributed by atoms with Gasteiger partial charge in [-0.05, 0) is 63.2 Å². The molecule has 0 unspecified atom stereocenters. The zero-order chi connectivity index (χ0) is 19.7. The Labute approximate surface area is 163 Å². The Bertz CT molecular complexity index is 1120. The summed E-state index contributed by atoms with van der Waals surface area (Å²) in [7, 11) is 0. The van der Waals surface area contributed by atoms with Crippen LogP contribution < -0.4 is 5.32 Å². The van der Waals surface area contributed by atoms with Crippen LogP contribution in [0.4, 0.5) is 5.69 Å². The third-order valence-electron chi connectivity index (χ3n) is 4.56. The van der Waals surface area contributed by atoms with Crippen LogP contribution in [0.25, 0.3) is 11.4 Å². The van der Waals surface area contributed by atoms with Crippen molar-refractivity contribution in [2.75, 3.05) is 5.32 Å². The molecule has 1 amide bonds. The van der Waals surface area contributed by atoms with E-state index in [1.807, 2.05) is 84.7 Å². The number of aryl methyl sites for hydroxylation is 3. The van der Waals surface area contributed by atoms with Crippen molar-refractivity contribution in [3.8, 4) is 11.4 Å². The highest BCUT2D eigenvalue weighted by atomic mass is 16.1. The molecule has 0 aliphatic carbocycles. The first kappa shape index (κ1) is 17.7. The van der Waals surface area contributed by atoms with Crippen molar-refractivity contribution in [3.63, 3.8) is 0 Å². The zero-order valence-electron chi connectivity index (χ0n) is 16.0. The Kier molecular flexibility index (Phi) is 4.53. The third-order valence-corrected chi connectivity index (χ3v) is 4.56. The van der Waals surface area contributed by atoms with Crippen LogP contribution in [0.15, 0.2) is 67.3 Å². The molecule has 0 saturated carbocycles. The summed E-state index contributed by atoms with van der Waals surface area (Å²) in [5.41, 5.74) is 6.14. The van der Waals surface area contributed by atoms with E-state index in [0.29, 0.717) is 5.56 Å². The van der Waals surface area contributed by atoms with Crippen molar-refractivity contribution in [2.24, 2.45) is 0 Å². The maximum Gasteiger partial charge on any atom is 0.257 e. The smallest absolute Gasteiger partial charge is 0.257 e. The van der Waals surface area contributed by atoms with E-state index < -0.39 is 0 Å². The molecule has 0 spiro atoms. The van der Waals surface area contributed by atoms with E-state index in [-0.39, 0.29) is 5.91 Å². The van der Waals surface area contributed by atoms with Crippen molar-refractivity contribution < 1.29 is 4.79 Å². The van der Waals surface area contributed by atoms with Gasteiger partial charge in [0.25, 0.3) is 5.91 Å². The van der Waals surface area contributed by atoms with Crippen molar-refractivity contribution in [3.05, 3.63) is 89.8 Å². The van der Waals surface area contributed by atoms with E-state index in [0.717, 1.165) is 34.0 Å². The van der Waals surface area contributed by atoms with E-state index in [1.165, 1.54) is 0 Å². The first-order chi connectivity index (χ1) is 13.5. The van der Waals surface area contributed by atoms with Crippen LogP contribution >= 0.6 is 0 Å². The summed E-state index contributed by atoms with van der Waals surface area (Å²) in [5.74, 6) is -0.161. The number of carbonyl (C=O) groups excluding carboxylic acids is 1. The molecule has 28 heavy (non-hydrogen) atoms. The van der Waals surface area contributed by atoms with Gasteiger partial charge in [-0.3, -0.25) is 4.79 Å². The normalized spacial score (nSPS) is 10.8. The Morgan fingerprint density at radius 1 is 1.00 bits per heavy atom. The molecule has 0 aliphatic heterocycles. The third kappa shape index (κ3) is 3.44. The van der Waals surface area contributed by atoms with Crippen LogP contribution in [0.3, 0.4) is 0 Å². The fourth-order valence-electron chi connectivity index (χ4n) is 3.23. The van der Waals surface area contributed by atoms with Crippen molar-refractivity contribution >= 4 is 11.6 Å². The maximum atomic E-state index is 12.9. The highest BCUT2D eigenvalue weighted by molar-refractivity contribution is 6.07. The lowest BCUT2D eigenvalue weighted by Crippen LogP contribution is -2.15. The lowest BCUT2D eigenvalue weighted by molar-refractivity contribution is 0.102. The van der Waals surface area contributed by atoms with Gasteiger partial charge in [0.05, 0.1) is 29.0 Å². The van der Waals surface area contributed by atoms with E-state index >= 15 is 0 Å². The minimum Gasteiger partial charge on any atom is -0.322 e. The fourth-order valence-corrected chi connectivity index (χ4v) is 3.23. The van der Waals surface area contributed by atoms with Gasteiger partial charge in [-0.1, -0.05) is 11.6 Å². The molecule has 0 aliphatic rings. The number of carbonyl (C=O) groups is 1. The fraction of sp³-hybridized carbons (Fsp3) is 0.136. The number of amides is 1. The Morgan fingerprint density at radius 2 is 1.79 bits per heavy atom. The van der Waals surface area contributed by atoms with Gasteiger partial charge in [-0.25, -0.2) is 9.67 Å². The van der Waals surface area contributed by atoms with Gasteiger partial charge >= 0.3 is 0 Å². The number of imidazole rings is 1. The predicted octanol–water partition coefficient (Wildman–Crippen LogP) is 4.24. The van der Waals surface area contributed by atoms with E-state index in [1.54, 1.807) is 12.5 Å². The van der Waals surface area contributed by atoms with Crippen LogP contribution in [-0.4, -0.2) is 25.2 Å². The summed E-state index contributed by atoms with van der Waals surface area (Å²) >= 11 is 0. The number of hydrogen-bond donors (Lipinski definition) is 1. The molecule has 0 saturated heterocycles. The van der Waals surface area contributed by atoms with Gasteiger partial charge in [0.2, 0.25) is 0 Å². The first-order valence-electron chi connectivity index (χ1n) is 9.05. The lowest BCUT2D eigenvalue weighted by atomic mass is 10.1. The lowest BCUT2D eigenvalue weighted by Gasteiger charge is -2.12. The molecule has 6 nitrogen and oxygen atoms in total. The molecule has 2 heterocycles. The monoisotopic (exact) mass is 371 g/mol. The largest absolute Gasteiger partial charge is 0.322 e. The predicted molar refractivity (Wildman–Crippen MR) is 109 cm³/mol. The van der Waals surface area contributed by atoms with Crippen molar-refractivity contribution in [1.82, 2.24) is 19.3 Å². The van der Waals surface area contributed by atoms with E-state index in [2.05, 4.69) is 15.4 Å². The van der Waals surface area contributed by atoms with Crippen LogP contribution in [0, 0.1) is 20.8 Å². The minimum absolute atomic E-state index is 0.161. The molecule has 140 valence electrons. The number of nitrogens with one attached hydrogen (secondary N) is 1. The van der Waals surface area contributed by atoms with Gasteiger partial charge in [0.15, 0.2) is 0 Å². The number of benzene rings is 2. The second-order valence-corrected chi connectivity index (χ2v) is 6.83. The SMILES string of the molecule is Cc1ccc(-n2ccnc2)c(C(=O)Nc2ccc(-n3nc(C)cc3C)cc2)c1. The van der Waals surface area contributed by atoms with E-state index in [9.17, 15) is 4.79 Å². The molecule has 1 N–H and O–H groups in total. The van der Waals surface area contributed by atoms with Gasteiger partial charge < -0.3 is 9.88 Å². The molecule has 0 radical (unpaired) electrons. The Hall–Kier alpha value is -3.67. The van der Waals surface area contributed by atoms with Gasteiger partial charge in [-0.15, -0.1) is 0 Å². The number of nitrogens with zero attached hydrogens (tertiary/aromatic N) is 4. The molecule has 2 aromatic carbocycles. The van der Waals surface area contributed by atoms with Crippen LogP contribution in [0.5, 0.6) is 0 Å². The molecule has 0 bridgehead atoms. The Morgan fingerprint density at radius 3 is 2.43 bits per heavy atom. The standard InChI is InChI=1S/C22H21N5O/c1-15-4-9-21(26-11-10-23-14-26)20(12-15)22(28)24-18-5-7-19(8-6-18)27-17(3)13-16(2)25-27/h4-14H,1-3H3,(H,24,28). The van der Waals surface area contributed by atoms with Gasteiger partial charge in [-0.2, -0.15) is 5.10 Å². The number of aromatic nitrogens is 4. The summed E-state index contributed by atoms with van der Waals surface area (Å²) in [6.45, 7) is 5.96. The van der Waals surface area contributed by atoms with Crippen LogP contribution in [-0.2, 0) is 0 Å². The van der Waals surface area contributed by atoms with Crippen molar-refractivity contribution in [1.29, 1.82) is 0 Å². The van der Waals surface area contributed by atoms with Crippen LogP contribution in [0.2, 0.25) is 0 Å². The molecule has 0 fully saturated rings. The summed E-state index contributed by atoms with van der Waals surface area (Å²) in [4.78, 5) is 17.0. The molecule has 4 aromatic rings. The van der Waals surface area contributed by atoms with Gasteiger partial charge in [0, 0.05) is 23.8 Å². The van der Waals surface area contributed by atoms with Gasteiger partial charge in [0.1, 0.15) is 0 Å².